The molecule has 0 atom stereocenters. The molecule has 0 unspecified atom stereocenters. The summed E-state index contributed by atoms with van der Waals surface area (Å²) in [6.45, 7) is 0. The fraction of sp³-hybridized carbons (Fsp3) is 0.273. The molecule has 2 rings (SSSR count). The number of hydrogen-bond acceptors (Lipinski definition) is 4. The third-order valence-electron chi connectivity index (χ3n) is 2.44. The number of aryl methyl sites for hydroxylation is 2. The molecule has 0 N–H and O–H groups in total. The fourth-order valence-electron chi connectivity index (χ4n) is 1.49. The Morgan fingerprint density at radius 3 is 2.81 bits per heavy atom. The molecule has 5 nitrogen and oxygen atoms in total. The molecule has 0 spiro atoms. The number of rotatable bonds is 4. The van der Waals surface area contributed by atoms with Crippen LogP contribution in [0.3, 0.4) is 0 Å². The molecule has 2 aromatic rings. The summed E-state index contributed by atoms with van der Waals surface area (Å²) in [6.07, 6.45) is 5.90. The molecular weight excluding hydrogens is 204 g/mol. The smallest absolute Gasteiger partial charge is 0.164 e. The molecule has 0 bridgehead atoms. The number of Topliss-reactive ketones (excluding diaryl/α,β-unsaturated/α-hetero) is 1. The Morgan fingerprint density at radius 1 is 1.31 bits per heavy atom. The summed E-state index contributed by atoms with van der Waals surface area (Å²) in [5.41, 5.74) is 1.66. The van der Waals surface area contributed by atoms with Crippen LogP contribution in [0, 0.1) is 0 Å². The van der Waals surface area contributed by atoms with E-state index in [0.717, 1.165) is 5.69 Å². The lowest BCUT2D eigenvalue weighted by molar-refractivity contribution is 0.0981. The van der Waals surface area contributed by atoms with Crippen LogP contribution in [-0.4, -0.2) is 25.8 Å². The molecule has 82 valence electrons. The minimum absolute atomic E-state index is 0.0797. The van der Waals surface area contributed by atoms with Crippen LogP contribution in [-0.2, 0) is 13.5 Å². The molecule has 0 aromatic carbocycles. The van der Waals surface area contributed by atoms with Crippen LogP contribution in [0.1, 0.15) is 22.5 Å². The highest BCUT2D eigenvalue weighted by molar-refractivity contribution is 5.95. The molecule has 2 heterocycles. The van der Waals surface area contributed by atoms with Crippen molar-refractivity contribution in [1.82, 2.24) is 20.0 Å². The molecule has 0 fully saturated rings. The van der Waals surface area contributed by atoms with Crippen LogP contribution >= 0.6 is 0 Å². The van der Waals surface area contributed by atoms with E-state index in [-0.39, 0.29) is 5.78 Å². The second kappa shape index (κ2) is 4.65. The van der Waals surface area contributed by atoms with Crippen molar-refractivity contribution >= 4 is 5.78 Å². The summed E-state index contributed by atoms with van der Waals surface area (Å²) in [7, 11) is 1.87. The Kier molecular flexibility index (Phi) is 3.05. The zero-order chi connectivity index (χ0) is 11.4. The normalized spacial score (nSPS) is 10.3. The maximum absolute atomic E-state index is 11.8. The van der Waals surface area contributed by atoms with Crippen LogP contribution in [0.15, 0.2) is 30.7 Å². The number of carbonyl (C=O) groups excluding carboxylic acids is 1. The first-order valence-corrected chi connectivity index (χ1v) is 5.04. The van der Waals surface area contributed by atoms with Gasteiger partial charge in [-0.2, -0.15) is 15.3 Å². The van der Waals surface area contributed by atoms with Gasteiger partial charge in [-0.05, 0) is 18.6 Å². The molecule has 0 aliphatic heterocycles. The van der Waals surface area contributed by atoms with E-state index in [1.807, 2.05) is 13.1 Å². The van der Waals surface area contributed by atoms with Gasteiger partial charge in [0, 0.05) is 30.9 Å². The highest BCUT2D eigenvalue weighted by atomic mass is 16.1. The van der Waals surface area contributed by atoms with Crippen LogP contribution in [0.4, 0.5) is 0 Å². The van der Waals surface area contributed by atoms with Gasteiger partial charge in [0.25, 0.3) is 0 Å². The standard InChI is InChI=1S/C11H12N4O/c1-15-10(5-7-14-15)2-3-11(16)9-4-6-12-13-8-9/h4-8H,2-3H2,1H3. The van der Waals surface area contributed by atoms with Gasteiger partial charge in [0.05, 0.1) is 12.4 Å². The van der Waals surface area contributed by atoms with E-state index in [4.69, 9.17) is 0 Å². The lowest BCUT2D eigenvalue weighted by Gasteiger charge is -2.01. The Balaban J connectivity index is 1.97. The molecule has 2 aromatic heterocycles. The van der Waals surface area contributed by atoms with Gasteiger partial charge < -0.3 is 0 Å². The van der Waals surface area contributed by atoms with E-state index in [2.05, 4.69) is 15.3 Å². The van der Waals surface area contributed by atoms with Crippen molar-refractivity contribution in [3.05, 3.63) is 42.0 Å². The minimum Gasteiger partial charge on any atom is -0.294 e. The Labute approximate surface area is 93.1 Å². The number of ketones is 1. The predicted octanol–water partition coefficient (Wildman–Crippen LogP) is 1.03. The predicted molar refractivity (Wildman–Crippen MR) is 57.9 cm³/mol. The highest BCUT2D eigenvalue weighted by Gasteiger charge is 2.07. The number of nitrogens with zero attached hydrogens (tertiary/aromatic N) is 4. The van der Waals surface area contributed by atoms with Crippen LogP contribution in [0.25, 0.3) is 0 Å². The van der Waals surface area contributed by atoms with Gasteiger partial charge in [0.1, 0.15) is 0 Å². The van der Waals surface area contributed by atoms with Gasteiger partial charge >= 0.3 is 0 Å². The second-order valence-corrected chi connectivity index (χ2v) is 3.50. The van der Waals surface area contributed by atoms with Crippen molar-refractivity contribution in [2.24, 2.45) is 7.05 Å². The first-order valence-electron chi connectivity index (χ1n) is 5.04. The van der Waals surface area contributed by atoms with Crippen molar-refractivity contribution in [1.29, 1.82) is 0 Å². The monoisotopic (exact) mass is 216 g/mol. The van der Waals surface area contributed by atoms with Gasteiger partial charge in [-0.3, -0.25) is 9.48 Å². The number of carbonyl (C=O) groups is 1. The van der Waals surface area contributed by atoms with E-state index in [9.17, 15) is 4.79 Å². The molecule has 0 radical (unpaired) electrons. The highest BCUT2D eigenvalue weighted by Crippen LogP contribution is 2.06. The van der Waals surface area contributed by atoms with E-state index >= 15 is 0 Å². The van der Waals surface area contributed by atoms with Gasteiger partial charge in [0.2, 0.25) is 0 Å². The SMILES string of the molecule is Cn1nccc1CCC(=O)c1ccnnc1. The van der Waals surface area contributed by atoms with Crippen molar-refractivity contribution in [2.45, 2.75) is 12.8 Å². The molecule has 0 aliphatic rings. The van der Waals surface area contributed by atoms with E-state index in [1.165, 1.54) is 12.4 Å². The summed E-state index contributed by atoms with van der Waals surface area (Å²) in [4.78, 5) is 11.8. The molecule has 0 saturated heterocycles. The fourth-order valence-corrected chi connectivity index (χ4v) is 1.49. The minimum atomic E-state index is 0.0797. The zero-order valence-electron chi connectivity index (χ0n) is 9.00. The van der Waals surface area contributed by atoms with E-state index in [1.54, 1.807) is 16.9 Å². The number of hydrogen-bond donors (Lipinski definition) is 0. The summed E-state index contributed by atoms with van der Waals surface area (Å²) in [6, 6.07) is 3.59. The Bertz CT molecular complexity index is 478. The van der Waals surface area contributed by atoms with Crippen molar-refractivity contribution in [3.8, 4) is 0 Å². The van der Waals surface area contributed by atoms with E-state index in [0.29, 0.717) is 18.4 Å². The van der Waals surface area contributed by atoms with Gasteiger partial charge in [-0.25, -0.2) is 0 Å². The molecule has 0 aliphatic carbocycles. The number of aromatic nitrogens is 4. The largest absolute Gasteiger partial charge is 0.294 e. The molecule has 0 saturated carbocycles. The van der Waals surface area contributed by atoms with Gasteiger partial charge in [-0.1, -0.05) is 0 Å². The lowest BCUT2D eigenvalue weighted by atomic mass is 10.1. The maximum atomic E-state index is 11.8. The van der Waals surface area contributed by atoms with Crippen molar-refractivity contribution in [2.75, 3.05) is 0 Å². The third-order valence-corrected chi connectivity index (χ3v) is 2.44. The lowest BCUT2D eigenvalue weighted by Crippen LogP contribution is -2.05. The topological polar surface area (TPSA) is 60.7 Å². The Hall–Kier alpha value is -2.04. The molecule has 16 heavy (non-hydrogen) atoms. The summed E-state index contributed by atoms with van der Waals surface area (Å²) < 4.78 is 1.78. The quantitative estimate of drug-likeness (QED) is 0.716. The van der Waals surface area contributed by atoms with Crippen molar-refractivity contribution < 1.29 is 4.79 Å². The van der Waals surface area contributed by atoms with Gasteiger partial charge in [-0.15, -0.1) is 0 Å². The first kappa shape index (κ1) is 10.5. The summed E-state index contributed by atoms with van der Waals surface area (Å²) in [5, 5.41) is 11.4. The first-order chi connectivity index (χ1) is 7.77. The molecule has 5 heteroatoms. The van der Waals surface area contributed by atoms with Gasteiger partial charge in [0.15, 0.2) is 5.78 Å². The zero-order valence-corrected chi connectivity index (χ0v) is 9.00. The molecule has 0 amide bonds. The Morgan fingerprint density at radius 2 is 2.19 bits per heavy atom. The van der Waals surface area contributed by atoms with E-state index < -0.39 is 0 Å². The average Bonchev–Trinajstić information content (AvgIpc) is 2.73. The van der Waals surface area contributed by atoms with Crippen molar-refractivity contribution in [3.63, 3.8) is 0 Å². The second-order valence-electron chi connectivity index (χ2n) is 3.50. The van der Waals surface area contributed by atoms with Crippen LogP contribution in [0.2, 0.25) is 0 Å². The average molecular weight is 216 g/mol. The van der Waals surface area contributed by atoms with Crippen LogP contribution < -0.4 is 0 Å². The summed E-state index contributed by atoms with van der Waals surface area (Å²) >= 11 is 0. The molecular formula is C11H12N4O. The summed E-state index contributed by atoms with van der Waals surface area (Å²) in [5.74, 6) is 0.0797. The maximum Gasteiger partial charge on any atom is 0.164 e. The third kappa shape index (κ3) is 2.31. The van der Waals surface area contributed by atoms with Crippen LogP contribution in [0.5, 0.6) is 0 Å².